The lowest BCUT2D eigenvalue weighted by atomic mass is 10.1. The van der Waals surface area contributed by atoms with E-state index in [1.54, 1.807) is 17.0 Å². The molecule has 0 bridgehead atoms. The normalized spacial score (nSPS) is 14.6. The highest BCUT2D eigenvalue weighted by Crippen LogP contribution is 2.35. The molecule has 1 aliphatic heterocycles. The van der Waals surface area contributed by atoms with E-state index in [1.807, 2.05) is 11.0 Å². The number of anilines is 2. The lowest BCUT2D eigenvalue weighted by Gasteiger charge is -2.38. The third-order valence-electron chi connectivity index (χ3n) is 4.52. The molecule has 0 amide bonds. The van der Waals surface area contributed by atoms with E-state index in [0.717, 1.165) is 6.07 Å². The minimum atomic E-state index is -4.61. The van der Waals surface area contributed by atoms with Gasteiger partial charge in [0.15, 0.2) is 0 Å². The maximum atomic E-state index is 13.8. The van der Waals surface area contributed by atoms with E-state index in [2.05, 4.69) is 0 Å². The first-order chi connectivity index (χ1) is 12.8. The van der Waals surface area contributed by atoms with Crippen LogP contribution in [0, 0.1) is 28.5 Å². The lowest BCUT2D eigenvalue weighted by molar-refractivity contribution is -0.137. The summed E-state index contributed by atoms with van der Waals surface area (Å²) in [6, 6.07) is 11.5. The summed E-state index contributed by atoms with van der Waals surface area (Å²) in [5.41, 5.74) is -0.553. The fourth-order valence-corrected chi connectivity index (χ4v) is 3.15. The van der Waals surface area contributed by atoms with Gasteiger partial charge in [0.1, 0.15) is 17.4 Å². The molecule has 8 heteroatoms. The van der Waals surface area contributed by atoms with Crippen LogP contribution < -0.4 is 9.80 Å². The van der Waals surface area contributed by atoms with Crippen molar-refractivity contribution in [2.75, 3.05) is 36.0 Å². The molecule has 4 nitrogen and oxygen atoms in total. The van der Waals surface area contributed by atoms with Gasteiger partial charge in [-0.15, -0.1) is 0 Å². The van der Waals surface area contributed by atoms with Crippen molar-refractivity contribution in [3.8, 4) is 12.1 Å². The second kappa shape index (κ2) is 7.16. The standard InChI is InChI=1S/C19H14F4N4/c20-17-2-1-3-18(15(17)12-25)27-8-6-26(7-9-27)14-5-4-13(11-24)16(10-14)19(21,22)23/h1-5,10H,6-9H2. The molecule has 0 spiro atoms. The van der Waals surface area contributed by atoms with Crippen LogP contribution in [0.25, 0.3) is 0 Å². The van der Waals surface area contributed by atoms with Gasteiger partial charge in [-0.1, -0.05) is 6.07 Å². The number of alkyl halides is 3. The Morgan fingerprint density at radius 1 is 0.889 bits per heavy atom. The van der Waals surface area contributed by atoms with E-state index < -0.39 is 23.1 Å². The fourth-order valence-electron chi connectivity index (χ4n) is 3.15. The predicted octanol–water partition coefficient (Wildman–Crippen LogP) is 3.91. The Balaban J connectivity index is 1.80. The number of rotatable bonds is 2. The molecule has 0 saturated carbocycles. The van der Waals surface area contributed by atoms with Gasteiger partial charge in [-0.3, -0.25) is 0 Å². The number of benzene rings is 2. The average molecular weight is 374 g/mol. The van der Waals surface area contributed by atoms with E-state index >= 15 is 0 Å². The number of nitriles is 2. The van der Waals surface area contributed by atoms with Crippen LogP contribution in [0.4, 0.5) is 28.9 Å². The summed E-state index contributed by atoms with van der Waals surface area (Å²) in [6.07, 6.45) is -4.61. The molecule has 2 aromatic carbocycles. The molecule has 0 aliphatic carbocycles. The van der Waals surface area contributed by atoms with E-state index in [9.17, 15) is 17.6 Å². The summed E-state index contributed by atoms with van der Waals surface area (Å²) in [4.78, 5) is 3.62. The quantitative estimate of drug-likeness (QED) is 0.748. The second-order valence-corrected chi connectivity index (χ2v) is 6.06. The first kappa shape index (κ1) is 18.5. The van der Waals surface area contributed by atoms with Gasteiger partial charge >= 0.3 is 6.18 Å². The van der Waals surface area contributed by atoms with Crippen molar-refractivity contribution in [1.82, 2.24) is 0 Å². The van der Waals surface area contributed by atoms with E-state index in [4.69, 9.17) is 10.5 Å². The highest BCUT2D eigenvalue weighted by atomic mass is 19.4. The van der Waals surface area contributed by atoms with E-state index in [0.29, 0.717) is 37.6 Å². The lowest BCUT2D eigenvalue weighted by Crippen LogP contribution is -2.46. The van der Waals surface area contributed by atoms with Crippen LogP contribution in [0.5, 0.6) is 0 Å². The van der Waals surface area contributed by atoms with Gasteiger partial charge in [0, 0.05) is 31.9 Å². The van der Waals surface area contributed by atoms with Gasteiger partial charge in [-0.05, 0) is 30.3 Å². The molecule has 1 aliphatic rings. The van der Waals surface area contributed by atoms with Crippen LogP contribution >= 0.6 is 0 Å². The predicted molar refractivity (Wildman–Crippen MR) is 91.7 cm³/mol. The second-order valence-electron chi connectivity index (χ2n) is 6.06. The first-order valence-electron chi connectivity index (χ1n) is 8.15. The van der Waals surface area contributed by atoms with E-state index in [-0.39, 0.29) is 5.56 Å². The maximum Gasteiger partial charge on any atom is 0.417 e. The van der Waals surface area contributed by atoms with Gasteiger partial charge in [-0.2, -0.15) is 23.7 Å². The smallest absolute Gasteiger partial charge is 0.368 e. The summed E-state index contributed by atoms with van der Waals surface area (Å²) in [6.45, 7) is 1.67. The molecule has 2 aromatic rings. The molecule has 0 radical (unpaired) electrons. The zero-order chi connectivity index (χ0) is 19.6. The van der Waals surface area contributed by atoms with Crippen LogP contribution in [0.3, 0.4) is 0 Å². The molecule has 1 fully saturated rings. The Morgan fingerprint density at radius 2 is 1.56 bits per heavy atom. The van der Waals surface area contributed by atoms with Crippen molar-refractivity contribution in [1.29, 1.82) is 10.5 Å². The highest BCUT2D eigenvalue weighted by molar-refractivity contribution is 5.61. The Kier molecular flexibility index (Phi) is 4.91. The summed E-state index contributed by atoms with van der Waals surface area (Å²) in [7, 11) is 0. The number of piperazine rings is 1. The Morgan fingerprint density at radius 3 is 2.15 bits per heavy atom. The fraction of sp³-hybridized carbons (Fsp3) is 0.263. The molecule has 0 N–H and O–H groups in total. The molecular weight excluding hydrogens is 360 g/mol. The van der Waals surface area contributed by atoms with Crippen molar-refractivity contribution < 1.29 is 17.6 Å². The summed E-state index contributed by atoms with van der Waals surface area (Å²) >= 11 is 0. The Labute approximate surface area is 153 Å². The molecular formula is C19H14F4N4. The third-order valence-corrected chi connectivity index (χ3v) is 4.52. The average Bonchev–Trinajstić information content (AvgIpc) is 2.66. The van der Waals surface area contributed by atoms with Gasteiger partial charge in [0.25, 0.3) is 0 Å². The Bertz CT molecular complexity index is 932. The zero-order valence-electron chi connectivity index (χ0n) is 14.1. The maximum absolute atomic E-state index is 13.8. The van der Waals surface area contributed by atoms with Crippen LogP contribution in [-0.2, 0) is 6.18 Å². The molecule has 0 aromatic heterocycles. The van der Waals surface area contributed by atoms with Crippen molar-refractivity contribution in [2.45, 2.75) is 6.18 Å². The van der Waals surface area contributed by atoms with Crippen LogP contribution in [0.2, 0.25) is 0 Å². The summed E-state index contributed by atoms with van der Waals surface area (Å²) < 4.78 is 53.2. The van der Waals surface area contributed by atoms with Crippen molar-refractivity contribution in [3.63, 3.8) is 0 Å². The van der Waals surface area contributed by atoms with Crippen LogP contribution in [0.1, 0.15) is 16.7 Å². The topological polar surface area (TPSA) is 54.1 Å². The number of halogens is 4. The first-order valence-corrected chi connectivity index (χ1v) is 8.15. The number of hydrogen-bond acceptors (Lipinski definition) is 4. The van der Waals surface area contributed by atoms with E-state index in [1.165, 1.54) is 24.3 Å². The Hall–Kier alpha value is -3.26. The SMILES string of the molecule is N#Cc1ccc(N2CCN(c3cccc(F)c3C#N)CC2)cc1C(F)(F)F. The number of nitrogens with zero attached hydrogens (tertiary/aromatic N) is 4. The molecule has 0 unspecified atom stereocenters. The molecule has 0 atom stereocenters. The van der Waals surface area contributed by atoms with Gasteiger partial charge in [0.05, 0.1) is 22.9 Å². The molecule has 27 heavy (non-hydrogen) atoms. The third kappa shape index (κ3) is 3.65. The number of hydrogen-bond donors (Lipinski definition) is 0. The van der Waals surface area contributed by atoms with Gasteiger partial charge < -0.3 is 9.80 Å². The van der Waals surface area contributed by atoms with Crippen LogP contribution in [0.15, 0.2) is 36.4 Å². The highest BCUT2D eigenvalue weighted by Gasteiger charge is 2.34. The summed E-state index contributed by atoms with van der Waals surface area (Å²) in [5.74, 6) is -0.598. The largest absolute Gasteiger partial charge is 0.417 e. The molecule has 1 heterocycles. The monoisotopic (exact) mass is 374 g/mol. The van der Waals surface area contributed by atoms with Crippen molar-refractivity contribution in [3.05, 3.63) is 58.9 Å². The molecule has 1 saturated heterocycles. The van der Waals surface area contributed by atoms with Crippen LogP contribution in [-0.4, -0.2) is 26.2 Å². The minimum absolute atomic E-state index is 0.0383. The van der Waals surface area contributed by atoms with Gasteiger partial charge in [-0.25, -0.2) is 4.39 Å². The van der Waals surface area contributed by atoms with Gasteiger partial charge in [0.2, 0.25) is 0 Å². The molecule has 138 valence electrons. The minimum Gasteiger partial charge on any atom is -0.368 e. The summed E-state index contributed by atoms with van der Waals surface area (Å²) in [5, 5.41) is 18.0. The molecule has 3 rings (SSSR count). The zero-order valence-corrected chi connectivity index (χ0v) is 14.1. The van der Waals surface area contributed by atoms with Crippen molar-refractivity contribution in [2.24, 2.45) is 0 Å². The van der Waals surface area contributed by atoms with Crippen molar-refractivity contribution >= 4 is 11.4 Å².